The van der Waals surface area contributed by atoms with Crippen molar-refractivity contribution in [1.82, 2.24) is 5.32 Å². The molecule has 0 heterocycles. The Bertz CT molecular complexity index is 997. The molecule has 2 rings (SSSR count). The van der Waals surface area contributed by atoms with Crippen LogP contribution in [-0.4, -0.2) is 27.1 Å². The Morgan fingerprint density at radius 2 is 1.57 bits per heavy atom. The number of hydrogen-bond donors (Lipinski definition) is 1. The summed E-state index contributed by atoms with van der Waals surface area (Å²) in [7, 11) is -3.60. The number of sulfonamides is 1. The van der Waals surface area contributed by atoms with Crippen molar-refractivity contribution in [3.05, 3.63) is 63.7 Å². The van der Waals surface area contributed by atoms with Gasteiger partial charge in [-0.2, -0.15) is 0 Å². The smallest absolute Gasteiger partial charge is 0.241 e. The maximum atomic E-state index is 12.7. The van der Waals surface area contributed by atoms with Crippen LogP contribution in [0, 0.1) is 34.6 Å². The summed E-state index contributed by atoms with van der Waals surface area (Å²) in [5.74, 6) is -0.337. The minimum absolute atomic E-state index is 0.216. The Morgan fingerprint density at radius 3 is 2.18 bits per heavy atom. The van der Waals surface area contributed by atoms with Gasteiger partial charge < -0.3 is 5.32 Å². The molecule has 0 aliphatic carbocycles. The van der Waals surface area contributed by atoms with Crippen molar-refractivity contribution in [3.63, 3.8) is 0 Å². The van der Waals surface area contributed by atoms with Gasteiger partial charge in [0.25, 0.3) is 0 Å². The van der Waals surface area contributed by atoms with Gasteiger partial charge in [0, 0.05) is 0 Å². The number of rotatable bonds is 6. The molecule has 1 N–H and O–H groups in total. The van der Waals surface area contributed by atoms with Crippen LogP contribution in [0.1, 0.15) is 46.3 Å². The van der Waals surface area contributed by atoms with Crippen LogP contribution in [0.2, 0.25) is 0 Å². The molecule has 2 aromatic carbocycles. The predicted octanol–water partition coefficient (Wildman–Crippen LogP) is 3.87. The number of nitrogens with zero attached hydrogens (tertiary/aromatic N) is 1. The summed E-state index contributed by atoms with van der Waals surface area (Å²) >= 11 is 0. The molecule has 5 nitrogen and oxygen atoms in total. The maximum absolute atomic E-state index is 12.7. The van der Waals surface area contributed by atoms with Crippen molar-refractivity contribution in [1.29, 1.82) is 0 Å². The van der Waals surface area contributed by atoms with E-state index in [-0.39, 0.29) is 18.5 Å². The summed E-state index contributed by atoms with van der Waals surface area (Å²) < 4.78 is 25.9. The molecule has 0 unspecified atom stereocenters. The van der Waals surface area contributed by atoms with Gasteiger partial charge in [0.15, 0.2) is 0 Å². The molecule has 1 amide bonds. The summed E-state index contributed by atoms with van der Waals surface area (Å²) in [6.45, 7) is 11.5. The summed E-state index contributed by atoms with van der Waals surface area (Å²) in [4.78, 5) is 12.7. The van der Waals surface area contributed by atoms with Crippen molar-refractivity contribution in [3.8, 4) is 0 Å². The second-order valence-corrected chi connectivity index (χ2v) is 9.55. The number of amides is 1. The number of carbonyl (C=O) groups is 1. The van der Waals surface area contributed by atoms with Crippen LogP contribution >= 0.6 is 0 Å². The maximum Gasteiger partial charge on any atom is 0.241 e. The van der Waals surface area contributed by atoms with E-state index in [9.17, 15) is 13.2 Å². The fourth-order valence-corrected chi connectivity index (χ4v) is 4.22. The SMILES string of the molecule is Cc1ccc(C)c(N(CC(=O)N[C@H](C)c2cc(C)c(C)cc2C)S(C)(=O)=O)c1. The third-order valence-corrected chi connectivity index (χ3v) is 6.17. The summed E-state index contributed by atoms with van der Waals surface area (Å²) in [5, 5.41) is 2.95. The summed E-state index contributed by atoms with van der Waals surface area (Å²) in [5.41, 5.74) is 6.79. The van der Waals surface area contributed by atoms with E-state index in [1.807, 2.05) is 46.8 Å². The fourth-order valence-electron chi connectivity index (χ4n) is 3.31. The molecule has 0 saturated heterocycles. The second-order valence-electron chi connectivity index (χ2n) is 7.64. The number of benzene rings is 2. The lowest BCUT2D eigenvalue weighted by molar-refractivity contribution is -0.120. The minimum Gasteiger partial charge on any atom is -0.348 e. The van der Waals surface area contributed by atoms with Gasteiger partial charge in [-0.3, -0.25) is 9.10 Å². The zero-order valence-electron chi connectivity index (χ0n) is 17.8. The number of nitrogens with one attached hydrogen (secondary N) is 1. The van der Waals surface area contributed by atoms with Gasteiger partial charge in [0.05, 0.1) is 18.0 Å². The van der Waals surface area contributed by atoms with Crippen LogP contribution in [0.25, 0.3) is 0 Å². The van der Waals surface area contributed by atoms with Gasteiger partial charge in [0.1, 0.15) is 6.54 Å². The van der Waals surface area contributed by atoms with Gasteiger partial charge in [-0.1, -0.05) is 24.3 Å². The number of carbonyl (C=O) groups excluding carboxylic acids is 1. The summed E-state index contributed by atoms with van der Waals surface area (Å²) in [6, 6.07) is 9.54. The van der Waals surface area contributed by atoms with Gasteiger partial charge in [-0.05, 0) is 81.0 Å². The van der Waals surface area contributed by atoms with E-state index >= 15 is 0 Å². The van der Waals surface area contributed by atoms with Crippen LogP contribution in [0.15, 0.2) is 30.3 Å². The molecule has 0 bridgehead atoms. The van der Waals surface area contributed by atoms with E-state index in [0.29, 0.717) is 5.69 Å². The van der Waals surface area contributed by atoms with E-state index in [1.165, 1.54) is 9.87 Å². The Hall–Kier alpha value is -2.34. The molecule has 0 spiro atoms. The average Bonchev–Trinajstić information content (AvgIpc) is 2.57. The highest BCUT2D eigenvalue weighted by Crippen LogP contribution is 2.25. The molecule has 0 aliphatic heterocycles. The first kappa shape index (κ1) is 22.0. The lowest BCUT2D eigenvalue weighted by atomic mass is 9.96. The fraction of sp³-hybridized carbons (Fsp3) is 0.409. The quantitative estimate of drug-likeness (QED) is 0.798. The molecule has 152 valence electrons. The van der Waals surface area contributed by atoms with Gasteiger partial charge in [0.2, 0.25) is 15.9 Å². The third kappa shape index (κ3) is 5.13. The monoisotopic (exact) mass is 402 g/mol. The Balaban J connectivity index is 2.25. The number of hydrogen-bond acceptors (Lipinski definition) is 3. The third-order valence-electron chi connectivity index (χ3n) is 5.05. The zero-order chi connectivity index (χ0) is 21.2. The molecular formula is C22H30N2O3S. The van der Waals surface area contributed by atoms with Gasteiger partial charge in [-0.15, -0.1) is 0 Å². The molecule has 0 fully saturated rings. The molecule has 0 aromatic heterocycles. The predicted molar refractivity (Wildman–Crippen MR) is 115 cm³/mol. The van der Waals surface area contributed by atoms with Gasteiger partial charge in [-0.25, -0.2) is 8.42 Å². The van der Waals surface area contributed by atoms with E-state index in [4.69, 9.17) is 0 Å². The molecule has 6 heteroatoms. The first-order chi connectivity index (χ1) is 12.9. The van der Waals surface area contributed by atoms with E-state index < -0.39 is 10.0 Å². The van der Waals surface area contributed by atoms with Crippen LogP contribution in [0.4, 0.5) is 5.69 Å². The van der Waals surface area contributed by atoms with Gasteiger partial charge >= 0.3 is 0 Å². The molecule has 1 atom stereocenters. The minimum atomic E-state index is -3.60. The number of anilines is 1. The lowest BCUT2D eigenvalue weighted by Gasteiger charge is -2.25. The molecular weight excluding hydrogens is 372 g/mol. The van der Waals surface area contributed by atoms with Crippen molar-refractivity contribution in [2.24, 2.45) is 0 Å². The second kappa shape index (κ2) is 8.35. The average molecular weight is 403 g/mol. The van der Waals surface area contributed by atoms with Crippen molar-refractivity contribution >= 4 is 21.6 Å². The first-order valence-electron chi connectivity index (χ1n) is 9.32. The van der Waals surface area contributed by atoms with E-state index in [0.717, 1.165) is 34.1 Å². The Kier molecular flexibility index (Phi) is 6.55. The largest absolute Gasteiger partial charge is 0.348 e. The highest BCUT2D eigenvalue weighted by Gasteiger charge is 2.23. The van der Waals surface area contributed by atoms with Crippen LogP contribution in [-0.2, 0) is 14.8 Å². The highest BCUT2D eigenvalue weighted by molar-refractivity contribution is 7.92. The molecule has 0 saturated carbocycles. The molecule has 28 heavy (non-hydrogen) atoms. The standard InChI is InChI=1S/C22H30N2O3S/c1-14-8-9-15(2)21(10-14)24(28(7,26)27)13-22(25)23-19(6)20-12-17(4)16(3)11-18(20)5/h8-12,19H,13H2,1-7H3,(H,23,25)/t19-/m1/s1. The van der Waals surface area contributed by atoms with Crippen molar-refractivity contribution in [2.75, 3.05) is 17.1 Å². The Labute approximate surface area is 168 Å². The number of aryl methyl sites for hydroxylation is 5. The van der Waals surface area contributed by atoms with Crippen molar-refractivity contribution < 1.29 is 13.2 Å². The topological polar surface area (TPSA) is 66.5 Å². The zero-order valence-corrected chi connectivity index (χ0v) is 18.6. The van der Waals surface area contributed by atoms with E-state index in [2.05, 4.69) is 24.4 Å². The summed E-state index contributed by atoms with van der Waals surface area (Å²) in [6.07, 6.45) is 1.12. The lowest BCUT2D eigenvalue weighted by Crippen LogP contribution is -2.41. The van der Waals surface area contributed by atoms with Crippen LogP contribution in [0.3, 0.4) is 0 Å². The normalized spacial score (nSPS) is 12.5. The molecule has 0 aliphatic rings. The van der Waals surface area contributed by atoms with Crippen molar-refractivity contribution in [2.45, 2.75) is 47.6 Å². The van der Waals surface area contributed by atoms with Crippen LogP contribution < -0.4 is 9.62 Å². The van der Waals surface area contributed by atoms with E-state index in [1.54, 1.807) is 6.07 Å². The molecule has 2 aromatic rings. The first-order valence-corrected chi connectivity index (χ1v) is 11.2. The van der Waals surface area contributed by atoms with Crippen LogP contribution in [0.5, 0.6) is 0 Å². The highest BCUT2D eigenvalue weighted by atomic mass is 32.2. The molecule has 0 radical (unpaired) electrons. The Morgan fingerprint density at radius 1 is 0.964 bits per heavy atom.